The molecule has 3 rings (SSSR count). The predicted molar refractivity (Wildman–Crippen MR) is 88.0 cm³/mol. The Morgan fingerprint density at radius 1 is 1.26 bits per heavy atom. The van der Waals surface area contributed by atoms with Gasteiger partial charge in [-0.3, -0.25) is 9.59 Å². The Bertz CT molecular complexity index is 900. The summed E-state index contributed by atoms with van der Waals surface area (Å²) in [5.74, 6) is -1.88. The molecule has 1 aliphatic rings. The standard InChI is InChI=1S/C17H16F3N5O2/c1-24(2)7-12(14(26)10-3-4-10)15(27)11-5-6-13(25-9-21-8-22-25)23-16(11)17(18,19)20/h5-10H,3-4H2,1-2H3. The van der Waals surface area contributed by atoms with Gasteiger partial charge in [-0.05, 0) is 25.0 Å². The quantitative estimate of drug-likeness (QED) is 0.332. The molecule has 2 aromatic rings. The fourth-order valence-corrected chi connectivity index (χ4v) is 2.51. The number of aromatic nitrogens is 4. The molecule has 0 N–H and O–H groups in total. The number of Topliss-reactive ketones (excluding diaryl/α,β-unsaturated/α-hetero) is 2. The van der Waals surface area contributed by atoms with E-state index in [4.69, 9.17) is 0 Å². The summed E-state index contributed by atoms with van der Waals surface area (Å²) in [7, 11) is 3.17. The van der Waals surface area contributed by atoms with Gasteiger partial charge in [-0.1, -0.05) is 0 Å². The molecule has 0 aliphatic heterocycles. The van der Waals surface area contributed by atoms with Crippen molar-refractivity contribution in [2.45, 2.75) is 19.0 Å². The number of hydrogen-bond donors (Lipinski definition) is 0. The molecule has 7 nitrogen and oxygen atoms in total. The van der Waals surface area contributed by atoms with E-state index in [1.807, 2.05) is 0 Å². The normalized spacial score (nSPS) is 14.9. The SMILES string of the molecule is CN(C)C=C(C(=O)c1ccc(-n2cncn2)nc1C(F)(F)F)C(=O)C1CC1. The number of rotatable bonds is 6. The Morgan fingerprint density at radius 2 is 1.96 bits per heavy atom. The van der Waals surface area contributed by atoms with Gasteiger partial charge >= 0.3 is 6.18 Å². The Kier molecular flexibility index (Phi) is 4.81. The van der Waals surface area contributed by atoms with Crippen molar-refractivity contribution < 1.29 is 22.8 Å². The number of halogens is 3. The molecule has 10 heteroatoms. The van der Waals surface area contributed by atoms with Crippen LogP contribution in [0.5, 0.6) is 0 Å². The molecule has 142 valence electrons. The van der Waals surface area contributed by atoms with E-state index in [0.717, 1.165) is 17.1 Å². The van der Waals surface area contributed by atoms with Crippen LogP contribution in [0.25, 0.3) is 5.82 Å². The lowest BCUT2D eigenvalue weighted by Crippen LogP contribution is -2.23. The molecule has 1 aliphatic carbocycles. The molecule has 2 heterocycles. The number of hydrogen-bond acceptors (Lipinski definition) is 6. The highest BCUT2D eigenvalue weighted by molar-refractivity contribution is 6.27. The predicted octanol–water partition coefficient (Wildman–Crippen LogP) is 2.29. The van der Waals surface area contributed by atoms with Crippen LogP contribution in [0.4, 0.5) is 13.2 Å². The van der Waals surface area contributed by atoms with Crippen LogP contribution in [0, 0.1) is 5.92 Å². The molecular weight excluding hydrogens is 363 g/mol. The summed E-state index contributed by atoms with van der Waals surface area (Å²) in [5.41, 5.74) is -2.31. The Morgan fingerprint density at radius 3 is 2.48 bits per heavy atom. The highest BCUT2D eigenvalue weighted by Crippen LogP contribution is 2.36. The van der Waals surface area contributed by atoms with Crippen LogP contribution < -0.4 is 0 Å². The maximum absolute atomic E-state index is 13.6. The third kappa shape index (κ3) is 4.04. The lowest BCUT2D eigenvalue weighted by Gasteiger charge is -2.15. The summed E-state index contributed by atoms with van der Waals surface area (Å²) in [6.07, 6.45) is -0.0148. The van der Waals surface area contributed by atoms with Gasteiger partial charge in [0, 0.05) is 26.2 Å². The minimum Gasteiger partial charge on any atom is -0.383 e. The van der Waals surface area contributed by atoms with E-state index in [9.17, 15) is 22.8 Å². The van der Waals surface area contributed by atoms with Crippen molar-refractivity contribution in [1.82, 2.24) is 24.6 Å². The van der Waals surface area contributed by atoms with Crippen molar-refractivity contribution >= 4 is 11.6 Å². The van der Waals surface area contributed by atoms with Crippen molar-refractivity contribution in [2.24, 2.45) is 5.92 Å². The van der Waals surface area contributed by atoms with Gasteiger partial charge in [-0.25, -0.2) is 14.6 Å². The molecule has 2 aromatic heterocycles. The third-order valence-electron chi connectivity index (χ3n) is 3.89. The molecule has 0 amide bonds. The maximum Gasteiger partial charge on any atom is 0.434 e. The molecule has 0 radical (unpaired) electrons. The van der Waals surface area contributed by atoms with Crippen LogP contribution in [-0.4, -0.2) is 50.3 Å². The summed E-state index contributed by atoms with van der Waals surface area (Å²) in [4.78, 5) is 33.9. The fraction of sp³-hybridized carbons (Fsp3) is 0.353. The van der Waals surface area contributed by atoms with Crippen LogP contribution >= 0.6 is 0 Å². The zero-order chi connectivity index (χ0) is 19.8. The van der Waals surface area contributed by atoms with Crippen LogP contribution in [0.15, 0.2) is 36.6 Å². The number of carbonyl (C=O) groups is 2. The van der Waals surface area contributed by atoms with Gasteiger partial charge in [-0.2, -0.15) is 18.3 Å². The van der Waals surface area contributed by atoms with E-state index >= 15 is 0 Å². The van der Waals surface area contributed by atoms with E-state index in [-0.39, 0.29) is 17.3 Å². The molecule has 0 bridgehead atoms. The Balaban J connectivity index is 2.08. The zero-order valence-electron chi connectivity index (χ0n) is 14.6. The second-order valence-electron chi connectivity index (χ2n) is 6.38. The van der Waals surface area contributed by atoms with Crippen molar-refractivity contribution in [2.75, 3.05) is 14.1 Å². The van der Waals surface area contributed by atoms with Gasteiger partial charge in [0.05, 0.1) is 11.1 Å². The van der Waals surface area contributed by atoms with Crippen LogP contribution in [0.3, 0.4) is 0 Å². The van der Waals surface area contributed by atoms with E-state index in [0.29, 0.717) is 12.8 Å². The van der Waals surface area contributed by atoms with Crippen molar-refractivity contribution in [3.63, 3.8) is 0 Å². The number of nitrogens with zero attached hydrogens (tertiary/aromatic N) is 5. The van der Waals surface area contributed by atoms with Gasteiger partial charge in [0.2, 0.25) is 0 Å². The van der Waals surface area contributed by atoms with Crippen LogP contribution in [-0.2, 0) is 11.0 Å². The largest absolute Gasteiger partial charge is 0.434 e. The van der Waals surface area contributed by atoms with Gasteiger partial charge < -0.3 is 4.90 Å². The lowest BCUT2D eigenvalue weighted by molar-refractivity contribution is -0.141. The number of allylic oxidation sites excluding steroid dienone is 1. The number of carbonyl (C=O) groups excluding carboxylic acids is 2. The fourth-order valence-electron chi connectivity index (χ4n) is 2.51. The first-order chi connectivity index (χ1) is 12.7. The van der Waals surface area contributed by atoms with E-state index < -0.39 is 29.0 Å². The molecule has 0 atom stereocenters. The number of alkyl halides is 3. The summed E-state index contributed by atoms with van der Waals surface area (Å²) in [5, 5.41) is 3.74. The lowest BCUT2D eigenvalue weighted by atomic mass is 9.96. The van der Waals surface area contributed by atoms with Crippen LogP contribution in [0.1, 0.15) is 28.9 Å². The summed E-state index contributed by atoms with van der Waals surface area (Å²) < 4.78 is 41.7. The van der Waals surface area contributed by atoms with Crippen LogP contribution in [0.2, 0.25) is 0 Å². The molecule has 0 saturated heterocycles. The van der Waals surface area contributed by atoms with Gasteiger partial charge in [-0.15, -0.1) is 0 Å². The number of pyridine rings is 1. The molecule has 1 saturated carbocycles. The zero-order valence-corrected chi connectivity index (χ0v) is 14.6. The molecule has 0 unspecified atom stereocenters. The van der Waals surface area contributed by atoms with Gasteiger partial charge in [0.1, 0.15) is 12.7 Å². The van der Waals surface area contributed by atoms with Crippen molar-refractivity contribution in [1.29, 1.82) is 0 Å². The second-order valence-corrected chi connectivity index (χ2v) is 6.38. The highest BCUT2D eigenvalue weighted by Gasteiger charge is 2.41. The van der Waals surface area contributed by atoms with Crippen molar-refractivity contribution in [3.05, 3.63) is 47.8 Å². The Labute approximate surface area is 152 Å². The highest BCUT2D eigenvalue weighted by atomic mass is 19.4. The average molecular weight is 379 g/mol. The topological polar surface area (TPSA) is 81.0 Å². The Hall–Kier alpha value is -3.04. The molecule has 0 spiro atoms. The monoisotopic (exact) mass is 379 g/mol. The van der Waals surface area contributed by atoms with E-state index in [2.05, 4.69) is 15.1 Å². The summed E-state index contributed by atoms with van der Waals surface area (Å²) in [6, 6.07) is 2.24. The summed E-state index contributed by atoms with van der Waals surface area (Å²) >= 11 is 0. The minimum atomic E-state index is -4.88. The molecule has 0 aromatic carbocycles. The average Bonchev–Trinajstić information content (AvgIpc) is 3.31. The minimum absolute atomic E-state index is 0.136. The molecule has 1 fully saturated rings. The van der Waals surface area contributed by atoms with E-state index in [1.54, 1.807) is 14.1 Å². The third-order valence-corrected chi connectivity index (χ3v) is 3.89. The summed E-state index contributed by atoms with van der Waals surface area (Å²) in [6.45, 7) is 0. The number of ketones is 2. The molecule has 27 heavy (non-hydrogen) atoms. The first kappa shape index (κ1) is 18.7. The first-order valence-corrected chi connectivity index (χ1v) is 8.09. The van der Waals surface area contributed by atoms with Gasteiger partial charge in [0.15, 0.2) is 23.1 Å². The van der Waals surface area contributed by atoms with E-state index in [1.165, 1.54) is 23.5 Å². The smallest absolute Gasteiger partial charge is 0.383 e. The molecular formula is C17H16F3N5O2. The second kappa shape index (κ2) is 6.93. The maximum atomic E-state index is 13.6. The van der Waals surface area contributed by atoms with Gasteiger partial charge in [0.25, 0.3) is 0 Å². The van der Waals surface area contributed by atoms with Crippen molar-refractivity contribution in [3.8, 4) is 5.82 Å². The first-order valence-electron chi connectivity index (χ1n) is 8.09.